The minimum Gasteiger partial charge on any atom is -0.392 e. The van der Waals surface area contributed by atoms with Crippen LogP contribution in [0.2, 0.25) is 0 Å². The van der Waals surface area contributed by atoms with Crippen LogP contribution in [0.15, 0.2) is 10.3 Å². The summed E-state index contributed by atoms with van der Waals surface area (Å²) < 4.78 is 27.3. The van der Waals surface area contributed by atoms with E-state index in [1.54, 1.807) is 13.0 Å². The first kappa shape index (κ1) is 15.0. The van der Waals surface area contributed by atoms with Crippen molar-refractivity contribution in [2.45, 2.75) is 56.4 Å². The Hall–Kier alpha value is -0.430. The van der Waals surface area contributed by atoms with Gasteiger partial charge in [-0.15, -0.1) is 11.3 Å². The van der Waals surface area contributed by atoms with E-state index < -0.39 is 16.1 Å². The van der Waals surface area contributed by atoms with Crippen LogP contribution in [0.1, 0.15) is 36.6 Å². The Kier molecular flexibility index (Phi) is 4.35. The fourth-order valence-electron chi connectivity index (χ4n) is 2.49. The number of aliphatic hydroxyl groups is 1. The molecule has 0 aromatic carbocycles. The van der Waals surface area contributed by atoms with Crippen molar-refractivity contribution in [3.8, 4) is 0 Å². The molecule has 108 valence electrons. The van der Waals surface area contributed by atoms with Gasteiger partial charge in [0.05, 0.1) is 12.1 Å². The monoisotopic (exact) mass is 303 g/mol. The van der Waals surface area contributed by atoms with Crippen molar-refractivity contribution in [3.05, 3.63) is 16.5 Å². The summed E-state index contributed by atoms with van der Waals surface area (Å²) in [6.45, 7) is 6.03. The van der Waals surface area contributed by atoms with Crippen LogP contribution in [0.5, 0.6) is 0 Å². The summed E-state index contributed by atoms with van der Waals surface area (Å²) in [5, 5.41) is 9.81. The third kappa shape index (κ3) is 2.86. The largest absolute Gasteiger partial charge is 0.392 e. The molecule has 1 aromatic heterocycles. The summed E-state index contributed by atoms with van der Waals surface area (Å²) in [5.74, 6) is 0. The van der Waals surface area contributed by atoms with Crippen LogP contribution in [0.3, 0.4) is 0 Å². The lowest BCUT2D eigenvalue weighted by Crippen LogP contribution is -2.48. The zero-order chi connectivity index (χ0) is 14.2. The van der Waals surface area contributed by atoms with Gasteiger partial charge in [-0.05, 0) is 45.2 Å². The van der Waals surface area contributed by atoms with E-state index in [1.807, 2.05) is 13.8 Å². The second-order valence-electron chi connectivity index (χ2n) is 5.22. The predicted molar refractivity (Wildman–Crippen MR) is 77.0 cm³/mol. The first-order valence-corrected chi connectivity index (χ1v) is 8.86. The number of nitrogens with zero attached hydrogens (tertiary/aromatic N) is 1. The average Bonchev–Trinajstić information content (AvgIpc) is 2.70. The van der Waals surface area contributed by atoms with E-state index in [-0.39, 0.29) is 6.04 Å². The third-order valence-electron chi connectivity index (χ3n) is 3.76. The Bertz CT molecular complexity index is 529. The highest BCUT2D eigenvalue weighted by Crippen LogP contribution is 2.32. The summed E-state index contributed by atoms with van der Waals surface area (Å²) in [6.07, 6.45) is 1.95. The first-order valence-electron chi connectivity index (χ1n) is 6.61. The topological polar surface area (TPSA) is 57.6 Å². The molecule has 0 spiro atoms. The Morgan fingerprint density at radius 1 is 1.42 bits per heavy atom. The van der Waals surface area contributed by atoms with Crippen LogP contribution in [-0.2, 0) is 10.0 Å². The molecular formula is C13H21NO3S2. The Morgan fingerprint density at radius 2 is 2.11 bits per heavy atom. The number of thiophene rings is 1. The van der Waals surface area contributed by atoms with E-state index >= 15 is 0 Å². The van der Waals surface area contributed by atoms with Gasteiger partial charge in [0.1, 0.15) is 4.21 Å². The molecule has 6 heteroatoms. The smallest absolute Gasteiger partial charge is 0.252 e. The molecule has 0 bridgehead atoms. The molecule has 0 aliphatic carbocycles. The SMILES string of the molecule is Cc1cc(S(=O)(=O)N2CCCC[C@H]2[C@H](C)O)sc1C. The maximum absolute atomic E-state index is 12.7. The number of hydrogen-bond acceptors (Lipinski definition) is 4. The van der Waals surface area contributed by atoms with Gasteiger partial charge in [-0.3, -0.25) is 0 Å². The normalized spacial score (nSPS) is 23.5. The van der Waals surface area contributed by atoms with Crippen LogP contribution in [0.4, 0.5) is 0 Å². The zero-order valence-corrected chi connectivity index (χ0v) is 13.2. The molecule has 0 saturated carbocycles. The number of piperidine rings is 1. The van der Waals surface area contributed by atoms with Crippen LogP contribution >= 0.6 is 11.3 Å². The van der Waals surface area contributed by atoms with Crippen LogP contribution in [0.25, 0.3) is 0 Å². The Morgan fingerprint density at radius 3 is 2.63 bits per heavy atom. The van der Waals surface area contributed by atoms with E-state index in [4.69, 9.17) is 0 Å². The lowest BCUT2D eigenvalue weighted by molar-refractivity contribution is 0.0832. The second kappa shape index (κ2) is 5.52. The highest BCUT2D eigenvalue weighted by molar-refractivity contribution is 7.91. The first-order chi connectivity index (χ1) is 8.84. The quantitative estimate of drug-likeness (QED) is 0.932. The molecule has 19 heavy (non-hydrogen) atoms. The molecule has 1 N–H and O–H groups in total. The highest BCUT2D eigenvalue weighted by atomic mass is 32.2. The maximum Gasteiger partial charge on any atom is 0.252 e. The molecule has 1 saturated heterocycles. The minimum atomic E-state index is -3.47. The number of hydrogen-bond donors (Lipinski definition) is 1. The van der Waals surface area contributed by atoms with Gasteiger partial charge in [0.15, 0.2) is 0 Å². The fraction of sp³-hybridized carbons (Fsp3) is 0.692. The van der Waals surface area contributed by atoms with Gasteiger partial charge in [0.2, 0.25) is 0 Å². The van der Waals surface area contributed by atoms with Crippen molar-refractivity contribution in [1.29, 1.82) is 0 Å². The van der Waals surface area contributed by atoms with Crippen molar-refractivity contribution < 1.29 is 13.5 Å². The molecule has 1 aliphatic rings. The maximum atomic E-state index is 12.7. The molecule has 2 atom stereocenters. The summed E-state index contributed by atoms with van der Waals surface area (Å²) in [4.78, 5) is 1.03. The van der Waals surface area contributed by atoms with E-state index in [0.717, 1.165) is 29.7 Å². The van der Waals surface area contributed by atoms with Gasteiger partial charge in [0.25, 0.3) is 10.0 Å². The predicted octanol–water partition coefficient (Wildman–Crippen LogP) is 2.29. The average molecular weight is 303 g/mol. The minimum absolute atomic E-state index is 0.290. The molecule has 2 rings (SSSR count). The summed E-state index contributed by atoms with van der Waals surface area (Å²) in [7, 11) is -3.47. The highest BCUT2D eigenvalue weighted by Gasteiger charge is 2.36. The van der Waals surface area contributed by atoms with Gasteiger partial charge in [-0.1, -0.05) is 6.42 Å². The van der Waals surface area contributed by atoms with Crippen molar-refractivity contribution in [3.63, 3.8) is 0 Å². The molecule has 2 heterocycles. The molecule has 1 aliphatic heterocycles. The third-order valence-corrected chi connectivity index (χ3v) is 7.29. The molecular weight excluding hydrogens is 282 g/mol. The van der Waals surface area contributed by atoms with Crippen LogP contribution in [0, 0.1) is 13.8 Å². The zero-order valence-electron chi connectivity index (χ0n) is 11.6. The van der Waals surface area contributed by atoms with Gasteiger partial charge in [-0.2, -0.15) is 4.31 Å². The van der Waals surface area contributed by atoms with E-state index in [1.165, 1.54) is 15.6 Å². The lowest BCUT2D eigenvalue weighted by atomic mass is 10.0. The summed E-state index contributed by atoms with van der Waals surface area (Å²) in [6, 6.07) is 1.45. The number of rotatable bonds is 3. The Balaban J connectivity index is 2.37. The lowest BCUT2D eigenvalue weighted by Gasteiger charge is -2.35. The van der Waals surface area contributed by atoms with Gasteiger partial charge >= 0.3 is 0 Å². The molecule has 0 amide bonds. The van der Waals surface area contributed by atoms with Crippen LogP contribution in [-0.4, -0.2) is 36.5 Å². The van der Waals surface area contributed by atoms with Gasteiger partial charge in [-0.25, -0.2) is 8.42 Å². The Labute approximate surface area is 119 Å². The van der Waals surface area contributed by atoms with Crippen molar-refractivity contribution in [1.82, 2.24) is 4.31 Å². The standard InChI is InChI=1S/C13H21NO3S2/c1-9-8-13(18-11(9)3)19(16,17)14-7-5-4-6-12(14)10(2)15/h8,10,12,15H,4-7H2,1-3H3/t10-,12-/m0/s1. The molecule has 0 radical (unpaired) electrons. The number of aryl methyl sites for hydroxylation is 2. The van der Waals surface area contributed by atoms with E-state index in [2.05, 4.69) is 0 Å². The molecule has 1 fully saturated rings. The van der Waals surface area contributed by atoms with Gasteiger partial charge < -0.3 is 5.11 Å². The van der Waals surface area contributed by atoms with Crippen molar-refractivity contribution >= 4 is 21.4 Å². The van der Waals surface area contributed by atoms with Crippen LogP contribution < -0.4 is 0 Å². The van der Waals surface area contributed by atoms with Gasteiger partial charge in [0, 0.05) is 11.4 Å². The van der Waals surface area contributed by atoms with Crippen molar-refractivity contribution in [2.24, 2.45) is 0 Å². The number of sulfonamides is 1. The fourth-order valence-corrected chi connectivity index (χ4v) is 5.90. The summed E-state index contributed by atoms with van der Waals surface area (Å²) in [5.41, 5.74) is 1.01. The van der Waals surface area contributed by atoms with E-state index in [9.17, 15) is 13.5 Å². The molecule has 0 unspecified atom stereocenters. The van der Waals surface area contributed by atoms with Crippen molar-refractivity contribution in [2.75, 3.05) is 6.54 Å². The molecule has 4 nitrogen and oxygen atoms in total. The molecule has 1 aromatic rings. The second-order valence-corrected chi connectivity index (χ2v) is 8.60. The number of aliphatic hydroxyl groups excluding tert-OH is 1. The summed E-state index contributed by atoms with van der Waals surface area (Å²) >= 11 is 1.32. The van der Waals surface area contributed by atoms with E-state index in [0.29, 0.717) is 10.8 Å².